The zero-order valence-corrected chi connectivity index (χ0v) is 58.8. The van der Waals surface area contributed by atoms with E-state index in [0.717, 1.165) is 116 Å². The van der Waals surface area contributed by atoms with Gasteiger partial charge in [-0.2, -0.15) is 0 Å². The van der Waals surface area contributed by atoms with Crippen LogP contribution in [0.4, 0.5) is 15.8 Å². The normalized spacial score (nSPS) is 18.9. The fraction of sp³-hybridized carbons (Fsp3) is 0.494. The summed E-state index contributed by atoms with van der Waals surface area (Å²) in [6.45, 7) is 17.1. The van der Waals surface area contributed by atoms with E-state index in [-0.39, 0.29) is 54.4 Å². The van der Waals surface area contributed by atoms with E-state index in [2.05, 4.69) is 48.3 Å². The number of alkyl halides is 1. The number of anilines is 2. The molecular weight excluding hydrogens is 1250 g/mol. The Labute approximate surface area is 585 Å². The summed E-state index contributed by atoms with van der Waals surface area (Å²) < 4.78 is 15.5. The van der Waals surface area contributed by atoms with Crippen molar-refractivity contribution in [3.63, 3.8) is 0 Å². The highest BCUT2D eigenvalue weighted by Crippen LogP contribution is 2.50. The molecule has 0 saturated heterocycles. The molecule has 5 atom stereocenters. The summed E-state index contributed by atoms with van der Waals surface area (Å²) in [7, 11) is 2.44. The molecule has 532 valence electrons. The highest BCUT2D eigenvalue weighted by atomic mass is 19.1. The summed E-state index contributed by atoms with van der Waals surface area (Å²) in [4.78, 5) is 120. The van der Waals surface area contributed by atoms with Crippen molar-refractivity contribution in [1.29, 1.82) is 0 Å². The number of aromatic nitrogens is 3. The third-order valence-corrected chi connectivity index (χ3v) is 20.2. The number of hydrogen-bond acceptors (Lipinski definition) is 14. The first-order valence-corrected chi connectivity index (χ1v) is 34.4. The second-order valence-electron chi connectivity index (χ2n) is 27.9. The molecule has 99 heavy (non-hydrogen) atoms. The molecule has 1 aromatic heterocycles. The molecular formula is C79H104FN9O10. The van der Waals surface area contributed by atoms with E-state index in [0.29, 0.717) is 47.8 Å². The fourth-order valence-electron chi connectivity index (χ4n) is 15.1. The second kappa shape index (κ2) is 35.7. The number of aliphatic imine (C=N–C) groups is 2. The number of carbonyl (C=O) groups excluding carboxylic acids is 7. The van der Waals surface area contributed by atoms with Crippen LogP contribution in [0.5, 0.6) is 0 Å². The zero-order valence-electron chi connectivity index (χ0n) is 59.8. The van der Waals surface area contributed by atoms with Gasteiger partial charge in [-0.25, -0.2) is 9.79 Å². The molecule has 3 amide bonds. The standard InChI is InChI=1S/C29H35N3O3.C19H25N3O3.C16H15N3O.C13H22O3.CH3F.CH4/c1-19(2)18-23(29(20(3)33)16-10-11-17-29)27(34)31-26-28(35)32(4)24-15-9-8-14-22(24)25(30-26)21-12-6-5-7-13-21;1-13(2)12-15(19(14(3)23)10-6-7-11-19)18(24)25-22-17-9-5-4-8-16(17)20-21-22;1-19-13-10-6-5-9-12(13)14(18-15(17)16(19)20)11-7-3-2-4-8-11;1-9(2)8-11(12(15)16)13(10(3)14)6-4-5-7-13;1-2;/h5-9,12-15,19,23,26H,10-11,16-18H2,1-4H3,(H,31,34);4-5,8-9,13,15H,6-7,10-12H2,1-3H3;2-10,15H,17H2,1H3;9,11H,4-8H2,1-3H3,(H,15,16);1H3;1H4/t23-,26?;15-;;11-;;/m00.0../s1/i;;;;1D;. The Bertz CT molecular complexity index is 3840. The Balaban J connectivity index is 0.000000215. The first kappa shape index (κ1) is 77.4. The van der Waals surface area contributed by atoms with Crippen LogP contribution in [-0.4, -0.2) is 112 Å². The smallest absolute Gasteiger partial charge is 0.339 e. The number of nitrogens with zero attached hydrogens (tertiary/aromatic N) is 7. The first-order chi connectivity index (χ1) is 47.2. The van der Waals surface area contributed by atoms with Gasteiger partial charge in [0.05, 0.1) is 49.1 Å². The van der Waals surface area contributed by atoms with Gasteiger partial charge in [0.15, 0.2) is 6.17 Å². The molecule has 2 unspecified atom stereocenters. The van der Waals surface area contributed by atoms with Crippen LogP contribution in [0.3, 0.4) is 0 Å². The third kappa shape index (κ3) is 18.3. The van der Waals surface area contributed by atoms with Crippen molar-refractivity contribution >= 4 is 80.8 Å². The predicted octanol–water partition coefficient (Wildman–Crippen LogP) is 13.8. The molecule has 11 rings (SSSR count). The lowest BCUT2D eigenvalue weighted by Crippen LogP contribution is -2.52. The summed E-state index contributed by atoms with van der Waals surface area (Å²) in [5.74, 6) is -2.30. The third-order valence-electron chi connectivity index (χ3n) is 20.2. The molecule has 20 heteroatoms. The average molecular weight is 1360 g/mol. The van der Waals surface area contributed by atoms with Crippen molar-refractivity contribution in [2.75, 3.05) is 31.0 Å². The van der Waals surface area contributed by atoms with Gasteiger partial charge in [0.2, 0.25) is 12.1 Å². The quantitative estimate of drug-likeness (QED) is 0.0638. The maximum absolute atomic E-state index is 13.8. The highest BCUT2D eigenvalue weighted by Gasteiger charge is 2.52. The van der Waals surface area contributed by atoms with Crippen LogP contribution < -0.4 is 25.7 Å². The number of rotatable bonds is 19. The number of hydrogen-bond donors (Lipinski definition) is 3. The summed E-state index contributed by atoms with van der Waals surface area (Å²) in [5, 5.41) is 20.3. The van der Waals surface area contributed by atoms with Crippen LogP contribution in [0, 0.1) is 51.8 Å². The molecule has 0 bridgehead atoms. The molecule has 5 aromatic carbocycles. The minimum Gasteiger partial charge on any atom is -0.481 e. The van der Waals surface area contributed by atoms with E-state index in [1.54, 1.807) is 50.7 Å². The number of halogens is 1. The molecule has 0 spiro atoms. The molecule has 3 saturated carbocycles. The van der Waals surface area contributed by atoms with Gasteiger partial charge >= 0.3 is 11.9 Å². The largest absolute Gasteiger partial charge is 0.481 e. The average Bonchev–Trinajstić information content (AvgIpc) is 1.67. The van der Waals surface area contributed by atoms with Crippen molar-refractivity contribution in [3.05, 3.63) is 156 Å². The van der Waals surface area contributed by atoms with Gasteiger partial charge < -0.3 is 30.8 Å². The molecule has 3 heterocycles. The number of likely N-dealkylation sites (N-methyl/N-ethyl adjacent to an activating group) is 2. The van der Waals surface area contributed by atoms with Crippen molar-refractivity contribution in [2.24, 2.45) is 67.5 Å². The van der Waals surface area contributed by atoms with E-state index in [9.17, 15) is 47.9 Å². The van der Waals surface area contributed by atoms with Gasteiger partial charge in [0, 0.05) is 52.6 Å². The number of ketones is 3. The number of nitrogens with one attached hydrogen (secondary N) is 1. The Hall–Kier alpha value is -8.91. The Morgan fingerprint density at radius 2 is 0.949 bits per heavy atom. The second-order valence-corrected chi connectivity index (χ2v) is 27.9. The number of carboxylic acid groups (broad SMARTS) is 1. The number of nitrogens with two attached hydrogens (primary N) is 1. The van der Waals surface area contributed by atoms with Crippen LogP contribution in [0.25, 0.3) is 11.0 Å². The van der Waals surface area contributed by atoms with Crippen LogP contribution in [0.1, 0.15) is 190 Å². The summed E-state index contributed by atoms with van der Waals surface area (Å²) in [5.41, 5.74) is 11.9. The van der Waals surface area contributed by atoms with Crippen LogP contribution in [-0.2, 0) is 38.4 Å². The summed E-state index contributed by atoms with van der Waals surface area (Å²) >= 11 is 0. The number of carboxylic acids is 1. The van der Waals surface area contributed by atoms with Gasteiger partial charge in [0.1, 0.15) is 28.4 Å². The van der Waals surface area contributed by atoms with Crippen LogP contribution >= 0.6 is 0 Å². The Kier molecular flexibility index (Phi) is 28.0. The van der Waals surface area contributed by atoms with E-state index in [4.69, 9.17) is 16.9 Å². The summed E-state index contributed by atoms with van der Waals surface area (Å²) in [6, 6.07) is 42.1. The van der Waals surface area contributed by atoms with Gasteiger partial charge in [-0.1, -0.05) is 202 Å². The minimum absolute atomic E-state index is 0. The molecule has 19 nitrogen and oxygen atoms in total. The van der Waals surface area contributed by atoms with Crippen molar-refractivity contribution < 1.29 is 54.1 Å². The SMILES string of the molecule is C.CC(=O)C1([C@@H](CC(C)C)C(=O)NC2N=C(c3ccccc3)c3ccccc3N(C)C2=O)CCCC1.CC(=O)C1([C@@H](CC(C)C)C(=O)O)CCCC1.CC(=O)C1([C@@H](CC(C)C)C(=O)On2nnc3ccccc32)CCCC1.CN1C(=O)C(N)N=C(c2ccccc2)c2ccccc21.[2H]CF. The molecule has 5 aliphatic rings. The number of amides is 3. The van der Waals surface area contributed by atoms with Gasteiger partial charge in [-0.15, -0.1) is 5.10 Å². The zero-order chi connectivity index (χ0) is 72.4. The Morgan fingerprint density at radius 1 is 0.576 bits per heavy atom. The highest BCUT2D eigenvalue weighted by molar-refractivity contribution is 6.21. The number of Topliss-reactive ketones (excluding diaryl/α,β-unsaturated/α-hetero) is 3. The topological polar surface area (TPSA) is 266 Å². The van der Waals surface area contributed by atoms with Gasteiger partial charge in [-0.05, 0) is 126 Å². The molecule has 2 aliphatic heterocycles. The van der Waals surface area contributed by atoms with Crippen LogP contribution in [0.2, 0.25) is 0 Å². The molecule has 0 radical (unpaired) electrons. The number of aliphatic carboxylic acids is 1. The van der Waals surface area contributed by atoms with E-state index < -0.39 is 59.5 Å². The van der Waals surface area contributed by atoms with Crippen molar-refractivity contribution in [1.82, 2.24) is 20.5 Å². The van der Waals surface area contributed by atoms with E-state index in [1.807, 2.05) is 141 Å². The van der Waals surface area contributed by atoms with E-state index in [1.165, 1.54) is 4.85 Å². The lowest BCUT2D eigenvalue weighted by Gasteiger charge is -2.36. The number of para-hydroxylation sites is 3. The van der Waals surface area contributed by atoms with Crippen molar-refractivity contribution in [3.8, 4) is 0 Å². The van der Waals surface area contributed by atoms with Crippen molar-refractivity contribution in [2.45, 2.75) is 178 Å². The van der Waals surface area contributed by atoms with Gasteiger partial charge in [0.25, 0.3) is 11.8 Å². The number of fused-ring (bicyclic) bond motifs is 3. The molecule has 6 aromatic rings. The first-order valence-electron chi connectivity index (χ1n) is 35.1. The molecule has 3 fully saturated rings. The fourth-order valence-corrected chi connectivity index (χ4v) is 15.1. The van der Waals surface area contributed by atoms with E-state index >= 15 is 0 Å². The minimum atomic E-state index is -1.07. The Morgan fingerprint density at radius 3 is 1.39 bits per heavy atom. The lowest BCUT2D eigenvalue weighted by molar-refractivity contribution is -0.160. The monoisotopic (exact) mass is 1360 g/mol. The lowest BCUT2D eigenvalue weighted by atomic mass is 9.67. The molecule has 3 aliphatic carbocycles. The van der Waals surface area contributed by atoms with Crippen LogP contribution in [0.15, 0.2) is 143 Å². The number of benzene rings is 5. The number of benzodiazepines with no additional fused rings is 2. The molecule has 4 N–H and O–H groups in total. The maximum atomic E-state index is 13.8. The maximum Gasteiger partial charge on any atom is 0.339 e. The predicted molar refractivity (Wildman–Crippen MR) is 388 cm³/mol. The number of carbonyl (C=O) groups is 8. The summed E-state index contributed by atoms with van der Waals surface area (Å²) in [6.07, 6.45) is 10.2. The van der Waals surface area contributed by atoms with Gasteiger partial charge in [-0.3, -0.25) is 42.9 Å².